The summed E-state index contributed by atoms with van der Waals surface area (Å²) in [6, 6.07) is 5.04. The van der Waals surface area contributed by atoms with Gasteiger partial charge in [-0.3, -0.25) is 9.69 Å². The van der Waals surface area contributed by atoms with E-state index in [1.165, 1.54) is 4.31 Å². The fourth-order valence-corrected chi connectivity index (χ4v) is 5.47. The number of amides is 1. The maximum Gasteiger partial charge on any atom is 0.243 e. The van der Waals surface area contributed by atoms with Crippen LogP contribution in [-0.4, -0.2) is 85.6 Å². The van der Waals surface area contributed by atoms with Crippen LogP contribution in [0, 0.1) is 0 Å². The average molecular weight is 466 g/mol. The minimum absolute atomic E-state index is 0.00355. The number of nitrogens with zero attached hydrogens (tertiary/aromatic N) is 4. The fraction of sp³-hybridized carbons (Fsp3) is 0.636. The molecule has 9 nitrogen and oxygen atoms in total. The van der Waals surface area contributed by atoms with Gasteiger partial charge in [-0.05, 0) is 31.2 Å². The number of benzene rings is 1. The van der Waals surface area contributed by atoms with Crippen LogP contribution in [-0.2, 0) is 33.0 Å². The third-order valence-corrected chi connectivity index (χ3v) is 7.99. The standard InChI is InChI=1S/C22H35N5O4S/c1-4-27(5-2)32(29,30)18-7-8-20-19(17-18)24-21(25(20)3)9-10-22(28)23-11-6-12-26-13-15-31-16-14-26/h7-8,17H,4-6,9-16H2,1-3H3,(H,23,28). The minimum atomic E-state index is -3.53. The number of hydrogen-bond donors (Lipinski definition) is 1. The molecule has 1 aromatic carbocycles. The molecule has 1 N–H and O–H groups in total. The Morgan fingerprint density at radius 1 is 1.22 bits per heavy atom. The number of aromatic nitrogens is 2. The normalized spacial score (nSPS) is 15.5. The number of rotatable bonds is 11. The van der Waals surface area contributed by atoms with Gasteiger partial charge >= 0.3 is 0 Å². The van der Waals surface area contributed by atoms with E-state index in [1.54, 1.807) is 18.2 Å². The van der Waals surface area contributed by atoms with Crippen LogP contribution in [0.15, 0.2) is 23.1 Å². The molecular weight excluding hydrogens is 430 g/mol. The third-order valence-electron chi connectivity index (χ3n) is 5.94. The Morgan fingerprint density at radius 3 is 2.62 bits per heavy atom. The van der Waals surface area contributed by atoms with E-state index >= 15 is 0 Å². The van der Waals surface area contributed by atoms with Crippen molar-refractivity contribution >= 4 is 27.0 Å². The van der Waals surface area contributed by atoms with E-state index in [0.717, 1.165) is 50.6 Å². The summed E-state index contributed by atoms with van der Waals surface area (Å²) in [5, 5.41) is 2.98. The minimum Gasteiger partial charge on any atom is -0.379 e. The molecule has 1 aromatic heterocycles. The molecule has 0 radical (unpaired) electrons. The number of ether oxygens (including phenoxy) is 1. The SMILES string of the molecule is CCN(CC)S(=O)(=O)c1ccc2c(c1)nc(CCC(=O)NCCCN1CCOCC1)n2C. The zero-order valence-electron chi connectivity index (χ0n) is 19.3. The fourth-order valence-electron chi connectivity index (χ4n) is 4.00. The molecular formula is C22H35N5O4S. The van der Waals surface area contributed by atoms with Crippen molar-refractivity contribution < 1.29 is 17.9 Å². The highest BCUT2D eigenvalue weighted by atomic mass is 32.2. The lowest BCUT2D eigenvalue weighted by molar-refractivity contribution is -0.121. The molecule has 0 saturated carbocycles. The second-order valence-corrected chi connectivity index (χ2v) is 9.92. The second-order valence-electron chi connectivity index (χ2n) is 7.98. The van der Waals surface area contributed by atoms with Gasteiger partial charge in [-0.15, -0.1) is 0 Å². The van der Waals surface area contributed by atoms with Gasteiger partial charge in [0.25, 0.3) is 0 Å². The van der Waals surface area contributed by atoms with Crippen molar-refractivity contribution in [3.63, 3.8) is 0 Å². The molecule has 0 spiro atoms. The monoisotopic (exact) mass is 465 g/mol. The number of sulfonamides is 1. The highest BCUT2D eigenvalue weighted by molar-refractivity contribution is 7.89. The van der Waals surface area contributed by atoms with Gasteiger partial charge in [0.1, 0.15) is 5.82 Å². The van der Waals surface area contributed by atoms with E-state index in [9.17, 15) is 13.2 Å². The average Bonchev–Trinajstić information content (AvgIpc) is 3.11. The summed E-state index contributed by atoms with van der Waals surface area (Å²) >= 11 is 0. The molecule has 3 rings (SSSR count). The molecule has 1 saturated heterocycles. The number of aryl methyl sites for hydroxylation is 2. The largest absolute Gasteiger partial charge is 0.379 e. The van der Waals surface area contributed by atoms with Gasteiger partial charge in [0.2, 0.25) is 15.9 Å². The zero-order valence-corrected chi connectivity index (χ0v) is 20.2. The predicted octanol–water partition coefficient (Wildman–Crippen LogP) is 1.37. The number of carbonyl (C=O) groups is 1. The first-order valence-electron chi connectivity index (χ1n) is 11.4. The van der Waals surface area contributed by atoms with Gasteiger partial charge < -0.3 is 14.6 Å². The molecule has 1 aliphatic heterocycles. The molecule has 0 aliphatic carbocycles. The molecule has 2 heterocycles. The summed E-state index contributed by atoms with van der Waals surface area (Å²) in [7, 11) is -1.64. The van der Waals surface area contributed by atoms with Crippen molar-refractivity contribution in [3.05, 3.63) is 24.0 Å². The van der Waals surface area contributed by atoms with Crippen LogP contribution in [0.3, 0.4) is 0 Å². The molecule has 2 aromatic rings. The number of nitrogens with one attached hydrogen (secondary N) is 1. The van der Waals surface area contributed by atoms with E-state index in [2.05, 4.69) is 15.2 Å². The van der Waals surface area contributed by atoms with E-state index in [4.69, 9.17) is 4.74 Å². The molecule has 1 aliphatic rings. The first-order valence-corrected chi connectivity index (χ1v) is 12.8. The molecule has 32 heavy (non-hydrogen) atoms. The highest BCUT2D eigenvalue weighted by Gasteiger charge is 2.22. The molecule has 1 amide bonds. The summed E-state index contributed by atoms with van der Waals surface area (Å²) in [5.41, 5.74) is 1.48. The zero-order chi connectivity index (χ0) is 23.1. The van der Waals surface area contributed by atoms with E-state index < -0.39 is 10.0 Å². The lowest BCUT2D eigenvalue weighted by Crippen LogP contribution is -2.38. The van der Waals surface area contributed by atoms with E-state index in [0.29, 0.717) is 38.0 Å². The molecule has 1 fully saturated rings. The van der Waals surface area contributed by atoms with Crippen molar-refractivity contribution in [2.45, 2.75) is 38.0 Å². The predicted molar refractivity (Wildman–Crippen MR) is 124 cm³/mol. The van der Waals surface area contributed by atoms with Crippen molar-refractivity contribution in [1.29, 1.82) is 0 Å². The van der Waals surface area contributed by atoms with Gasteiger partial charge in [0.05, 0.1) is 29.1 Å². The van der Waals surface area contributed by atoms with Crippen molar-refractivity contribution in [2.24, 2.45) is 7.05 Å². The Morgan fingerprint density at radius 2 is 1.94 bits per heavy atom. The summed E-state index contributed by atoms with van der Waals surface area (Å²) in [6.45, 7) is 9.60. The van der Waals surface area contributed by atoms with Gasteiger partial charge in [0, 0.05) is 52.6 Å². The number of carbonyl (C=O) groups excluding carboxylic acids is 1. The Hall–Kier alpha value is -2.01. The first-order chi connectivity index (χ1) is 15.4. The van der Waals surface area contributed by atoms with Crippen molar-refractivity contribution in [3.8, 4) is 0 Å². The lowest BCUT2D eigenvalue weighted by Gasteiger charge is -2.26. The van der Waals surface area contributed by atoms with Crippen LogP contribution in [0.25, 0.3) is 11.0 Å². The Labute approximate surface area is 190 Å². The first kappa shape index (κ1) is 24.6. The Bertz CT molecular complexity index is 1010. The van der Waals surface area contributed by atoms with E-state index in [1.807, 2.05) is 25.5 Å². The third kappa shape index (κ3) is 5.86. The number of morpholine rings is 1. The Kier molecular flexibility index (Phi) is 8.64. The molecule has 0 atom stereocenters. The van der Waals surface area contributed by atoms with Crippen LogP contribution < -0.4 is 5.32 Å². The van der Waals surface area contributed by atoms with Crippen LogP contribution in [0.1, 0.15) is 32.5 Å². The lowest BCUT2D eigenvalue weighted by atomic mass is 10.2. The van der Waals surface area contributed by atoms with E-state index in [-0.39, 0.29) is 10.8 Å². The molecule has 178 valence electrons. The van der Waals surface area contributed by atoms with Gasteiger partial charge in [-0.25, -0.2) is 13.4 Å². The quantitative estimate of drug-likeness (QED) is 0.504. The maximum atomic E-state index is 12.8. The summed E-state index contributed by atoms with van der Waals surface area (Å²) in [6.07, 6.45) is 1.76. The summed E-state index contributed by atoms with van der Waals surface area (Å²) in [5.74, 6) is 0.768. The van der Waals surface area contributed by atoms with Crippen molar-refractivity contribution in [2.75, 3.05) is 52.5 Å². The topological polar surface area (TPSA) is 96.8 Å². The van der Waals surface area contributed by atoms with Crippen LogP contribution in [0.4, 0.5) is 0 Å². The van der Waals surface area contributed by atoms with Crippen LogP contribution in [0.5, 0.6) is 0 Å². The van der Waals surface area contributed by atoms with Gasteiger partial charge in [0.15, 0.2) is 0 Å². The highest BCUT2D eigenvalue weighted by Crippen LogP contribution is 2.22. The smallest absolute Gasteiger partial charge is 0.243 e. The van der Waals surface area contributed by atoms with Crippen LogP contribution in [0.2, 0.25) is 0 Å². The van der Waals surface area contributed by atoms with Crippen molar-refractivity contribution in [1.82, 2.24) is 24.1 Å². The summed E-state index contributed by atoms with van der Waals surface area (Å²) in [4.78, 5) is 19.5. The summed E-state index contributed by atoms with van der Waals surface area (Å²) < 4.78 is 34.3. The van der Waals surface area contributed by atoms with Gasteiger partial charge in [-0.2, -0.15) is 4.31 Å². The molecule has 0 unspecified atom stereocenters. The molecule has 0 bridgehead atoms. The number of fused-ring (bicyclic) bond motifs is 1. The Balaban J connectivity index is 1.55. The molecule has 10 heteroatoms. The number of imidazole rings is 1. The van der Waals surface area contributed by atoms with Crippen LogP contribution >= 0.6 is 0 Å². The maximum absolute atomic E-state index is 12.8. The number of hydrogen-bond acceptors (Lipinski definition) is 6. The van der Waals surface area contributed by atoms with Gasteiger partial charge in [-0.1, -0.05) is 13.8 Å². The second kappa shape index (κ2) is 11.2.